The molecule has 2 heterocycles. The Balaban J connectivity index is 0.00000361. The number of hydrogen-bond acceptors (Lipinski definition) is 2. The zero-order valence-electron chi connectivity index (χ0n) is 28.9. The third-order valence-corrected chi connectivity index (χ3v) is 16.2. The standard InChI is InChI=1S/C50H33NOSi.CH4/c1-3-16-37(17-4-1)53(38-18-5-2-6-19-38)49-26-14-12-24-44(49)45-32-35(28-30-50(45)53)51(36-27-29-43-42-23-11-13-25-47(42)52-48(43)33-36)46-31-34-15-7-8-20-39(34)40-21-9-10-22-41(40)46;/h1-33H;1H4. The number of benzene rings is 9. The number of nitrogens with zero attached hydrogens (tertiary/aromatic N) is 1. The van der Waals surface area contributed by atoms with E-state index in [1.807, 2.05) is 6.07 Å². The lowest BCUT2D eigenvalue weighted by Crippen LogP contribution is -2.72. The number of fused-ring (bicyclic) bond motifs is 9. The average molecular weight is 708 g/mol. The summed E-state index contributed by atoms with van der Waals surface area (Å²) in [6, 6.07) is 73.7. The Morgan fingerprint density at radius 2 is 0.926 bits per heavy atom. The van der Waals surface area contributed by atoms with Gasteiger partial charge in [-0.3, -0.25) is 0 Å². The summed E-state index contributed by atoms with van der Waals surface area (Å²) >= 11 is 0. The molecule has 11 rings (SSSR count). The van der Waals surface area contributed by atoms with Crippen LogP contribution in [0, 0.1) is 0 Å². The number of para-hydroxylation sites is 1. The predicted molar refractivity (Wildman–Crippen MR) is 233 cm³/mol. The van der Waals surface area contributed by atoms with E-state index < -0.39 is 8.07 Å². The molecule has 1 aliphatic heterocycles. The van der Waals surface area contributed by atoms with Crippen molar-refractivity contribution in [2.24, 2.45) is 0 Å². The molecule has 0 amide bonds. The molecule has 1 aromatic heterocycles. The van der Waals surface area contributed by atoms with E-state index in [4.69, 9.17) is 4.42 Å². The van der Waals surface area contributed by atoms with Crippen LogP contribution in [0.2, 0.25) is 0 Å². The second kappa shape index (κ2) is 12.5. The summed E-state index contributed by atoms with van der Waals surface area (Å²) in [5.41, 5.74) is 7.70. The fraction of sp³-hybridized carbons (Fsp3) is 0.0196. The van der Waals surface area contributed by atoms with Gasteiger partial charge in [-0.05, 0) is 84.4 Å². The maximum absolute atomic E-state index is 6.50. The minimum Gasteiger partial charge on any atom is -0.456 e. The first-order valence-corrected chi connectivity index (χ1v) is 20.3. The summed E-state index contributed by atoms with van der Waals surface area (Å²) in [6.07, 6.45) is 0. The molecule has 10 aromatic rings. The molecule has 9 aromatic carbocycles. The van der Waals surface area contributed by atoms with Gasteiger partial charge >= 0.3 is 0 Å². The first-order valence-electron chi connectivity index (χ1n) is 18.3. The first-order chi connectivity index (χ1) is 26.3. The highest BCUT2D eigenvalue weighted by Gasteiger charge is 2.48. The summed E-state index contributed by atoms with van der Waals surface area (Å²) < 4.78 is 6.50. The third-order valence-electron chi connectivity index (χ3n) is 11.3. The van der Waals surface area contributed by atoms with Gasteiger partial charge in [0.15, 0.2) is 8.07 Å². The van der Waals surface area contributed by atoms with Gasteiger partial charge in [0.1, 0.15) is 11.2 Å². The van der Waals surface area contributed by atoms with E-state index in [0.717, 1.165) is 39.0 Å². The number of rotatable bonds is 5. The molecule has 0 spiro atoms. The van der Waals surface area contributed by atoms with Gasteiger partial charge < -0.3 is 9.32 Å². The molecular weight excluding hydrogens is 671 g/mol. The van der Waals surface area contributed by atoms with Crippen LogP contribution in [-0.2, 0) is 0 Å². The smallest absolute Gasteiger partial charge is 0.180 e. The molecule has 0 bridgehead atoms. The summed E-state index contributed by atoms with van der Waals surface area (Å²) in [7, 11) is -2.61. The van der Waals surface area contributed by atoms with Crippen LogP contribution in [-0.4, -0.2) is 8.07 Å². The number of furan rings is 1. The van der Waals surface area contributed by atoms with E-state index in [1.54, 1.807) is 0 Å². The fourth-order valence-electron chi connectivity index (χ4n) is 9.08. The molecule has 0 N–H and O–H groups in total. The normalized spacial score (nSPS) is 12.8. The van der Waals surface area contributed by atoms with Crippen molar-refractivity contribution < 1.29 is 4.42 Å². The molecule has 0 saturated heterocycles. The average Bonchev–Trinajstić information content (AvgIpc) is 3.75. The van der Waals surface area contributed by atoms with Crippen molar-refractivity contribution >= 4 is 89.4 Å². The van der Waals surface area contributed by atoms with Crippen molar-refractivity contribution in [1.29, 1.82) is 0 Å². The molecule has 0 saturated carbocycles. The van der Waals surface area contributed by atoms with Gasteiger partial charge in [-0.15, -0.1) is 0 Å². The van der Waals surface area contributed by atoms with Crippen molar-refractivity contribution in [3.05, 3.63) is 200 Å². The molecular formula is C51H37NOSi. The zero-order valence-corrected chi connectivity index (χ0v) is 29.9. The lowest BCUT2D eigenvalue weighted by molar-refractivity contribution is 0.669. The lowest BCUT2D eigenvalue weighted by Gasteiger charge is -2.32. The van der Waals surface area contributed by atoms with E-state index >= 15 is 0 Å². The molecule has 2 nitrogen and oxygen atoms in total. The van der Waals surface area contributed by atoms with E-state index in [-0.39, 0.29) is 7.43 Å². The van der Waals surface area contributed by atoms with E-state index in [1.165, 1.54) is 53.4 Å². The van der Waals surface area contributed by atoms with Crippen LogP contribution in [0.4, 0.5) is 17.1 Å². The highest BCUT2D eigenvalue weighted by molar-refractivity contribution is 7.22. The second-order valence-corrected chi connectivity index (χ2v) is 17.8. The first kappa shape index (κ1) is 32.0. The van der Waals surface area contributed by atoms with Crippen LogP contribution >= 0.6 is 0 Å². The maximum atomic E-state index is 6.50. The Labute approximate surface area is 316 Å². The summed E-state index contributed by atoms with van der Waals surface area (Å²) in [5, 5.41) is 12.8. The molecule has 0 fully saturated rings. The molecule has 256 valence electrons. The Morgan fingerprint density at radius 1 is 0.370 bits per heavy atom. The Morgan fingerprint density at radius 3 is 1.70 bits per heavy atom. The van der Waals surface area contributed by atoms with Crippen LogP contribution in [0.1, 0.15) is 7.43 Å². The Hall–Kier alpha value is -6.68. The lowest BCUT2D eigenvalue weighted by atomic mass is 9.98. The summed E-state index contributed by atoms with van der Waals surface area (Å²) in [4.78, 5) is 2.44. The van der Waals surface area contributed by atoms with Crippen molar-refractivity contribution in [1.82, 2.24) is 0 Å². The molecule has 3 heteroatoms. The number of hydrogen-bond donors (Lipinski definition) is 0. The van der Waals surface area contributed by atoms with Crippen molar-refractivity contribution in [3.63, 3.8) is 0 Å². The predicted octanol–water partition coefficient (Wildman–Crippen LogP) is 11.4. The van der Waals surface area contributed by atoms with Gasteiger partial charge in [-0.1, -0.05) is 165 Å². The Kier molecular flexibility index (Phi) is 7.39. The number of anilines is 3. The van der Waals surface area contributed by atoms with E-state index in [0.29, 0.717) is 0 Å². The van der Waals surface area contributed by atoms with Gasteiger partial charge in [0.25, 0.3) is 0 Å². The quantitative estimate of drug-likeness (QED) is 0.131. The van der Waals surface area contributed by atoms with E-state index in [2.05, 4.69) is 199 Å². The van der Waals surface area contributed by atoms with Crippen LogP contribution in [0.3, 0.4) is 0 Å². The SMILES string of the molecule is C.c1ccc([Si]2(c3ccccc3)c3ccccc3-c3cc(N(c4ccc5c(c4)oc4ccccc45)c4cc5ccccc5c5ccccc45)ccc32)cc1. The molecule has 0 radical (unpaired) electrons. The minimum atomic E-state index is -2.61. The topological polar surface area (TPSA) is 16.4 Å². The highest BCUT2D eigenvalue weighted by atomic mass is 28.3. The molecule has 0 aliphatic carbocycles. The fourth-order valence-corrected chi connectivity index (χ4v) is 14.2. The molecule has 0 atom stereocenters. The maximum Gasteiger partial charge on any atom is 0.180 e. The van der Waals surface area contributed by atoms with Crippen molar-refractivity contribution in [3.8, 4) is 11.1 Å². The van der Waals surface area contributed by atoms with Gasteiger partial charge in [0.2, 0.25) is 0 Å². The molecule has 54 heavy (non-hydrogen) atoms. The minimum absolute atomic E-state index is 0. The third kappa shape index (κ3) is 4.59. The Bertz CT molecular complexity index is 2980. The van der Waals surface area contributed by atoms with Gasteiger partial charge in [0, 0.05) is 33.6 Å². The zero-order chi connectivity index (χ0) is 34.9. The highest BCUT2D eigenvalue weighted by Crippen LogP contribution is 2.44. The van der Waals surface area contributed by atoms with Crippen molar-refractivity contribution in [2.45, 2.75) is 7.43 Å². The summed E-state index contributed by atoms with van der Waals surface area (Å²) in [6.45, 7) is 0. The monoisotopic (exact) mass is 707 g/mol. The van der Waals surface area contributed by atoms with Gasteiger partial charge in [-0.2, -0.15) is 0 Å². The van der Waals surface area contributed by atoms with Gasteiger partial charge in [0.05, 0.1) is 5.69 Å². The van der Waals surface area contributed by atoms with Crippen LogP contribution < -0.4 is 25.6 Å². The largest absolute Gasteiger partial charge is 0.456 e. The second-order valence-electron chi connectivity index (χ2n) is 14.0. The van der Waals surface area contributed by atoms with Gasteiger partial charge in [-0.25, -0.2) is 0 Å². The molecule has 1 aliphatic rings. The van der Waals surface area contributed by atoms with Crippen molar-refractivity contribution in [2.75, 3.05) is 4.90 Å². The molecule has 0 unspecified atom stereocenters. The van der Waals surface area contributed by atoms with Crippen LogP contribution in [0.25, 0.3) is 54.6 Å². The van der Waals surface area contributed by atoms with E-state index in [9.17, 15) is 0 Å². The van der Waals surface area contributed by atoms with Crippen LogP contribution in [0.5, 0.6) is 0 Å². The summed E-state index contributed by atoms with van der Waals surface area (Å²) in [5.74, 6) is 0. The van der Waals surface area contributed by atoms with Crippen LogP contribution in [0.15, 0.2) is 205 Å².